The highest BCUT2D eigenvalue weighted by Gasteiger charge is 2.18. The summed E-state index contributed by atoms with van der Waals surface area (Å²) in [7, 11) is 0. The molecule has 0 fully saturated rings. The Morgan fingerprint density at radius 2 is 1.86 bits per heavy atom. The average molecular weight is 412 g/mol. The SMILES string of the molecule is Nc1noc(-c2ccc(F)c(Br)c2)c1-c1cccc(Br)c1. The lowest BCUT2D eigenvalue weighted by Crippen LogP contribution is -1.89. The average Bonchev–Trinajstić information content (AvgIpc) is 2.84. The summed E-state index contributed by atoms with van der Waals surface area (Å²) in [5.74, 6) is 0.463. The van der Waals surface area contributed by atoms with Gasteiger partial charge in [0.15, 0.2) is 11.6 Å². The maximum absolute atomic E-state index is 13.4. The van der Waals surface area contributed by atoms with E-state index in [4.69, 9.17) is 10.3 Å². The molecule has 1 heterocycles. The van der Waals surface area contributed by atoms with Crippen molar-refractivity contribution in [1.82, 2.24) is 5.16 Å². The van der Waals surface area contributed by atoms with E-state index in [9.17, 15) is 4.39 Å². The molecular weight excluding hydrogens is 403 g/mol. The molecule has 0 radical (unpaired) electrons. The summed E-state index contributed by atoms with van der Waals surface area (Å²) < 4.78 is 20.0. The largest absolute Gasteiger partial charge is 0.380 e. The van der Waals surface area contributed by atoms with Crippen molar-refractivity contribution in [3.63, 3.8) is 0 Å². The third kappa shape index (κ3) is 2.73. The number of hydrogen-bond donors (Lipinski definition) is 1. The highest BCUT2D eigenvalue weighted by atomic mass is 79.9. The molecule has 3 rings (SSSR count). The lowest BCUT2D eigenvalue weighted by Gasteiger charge is -2.04. The minimum absolute atomic E-state index is 0.295. The Morgan fingerprint density at radius 3 is 2.57 bits per heavy atom. The maximum Gasteiger partial charge on any atom is 0.176 e. The molecule has 0 unspecified atom stereocenters. The van der Waals surface area contributed by atoms with Gasteiger partial charge in [-0.05, 0) is 51.8 Å². The predicted octanol–water partition coefficient (Wildman–Crippen LogP) is 5.25. The highest BCUT2D eigenvalue weighted by molar-refractivity contribution is 9.10. The number of nitrogen functional groups attached to an aromatic ring is 1. The van der Waals surface area contributed by atoms with Crippen LogP contribution < -0.4 is 5.73 Å². The van der Waals surface area contributed by atoms with E-state index in [2.05, 4.69) is 37.0 Å². The zero-order chi connectivity index (χ0) is 15.0. The smallest absolute Gasteiger partial charge is 0.176 e. The molecule has 0 saturated carbocycles. The number of nitrogens with zero attached hydrogens (tertiary/aromatic N) is 1. The van der Waals surface area contributed by atoms with Crippen LogP contribution in [0.5, 0.6) is 0 Å². The molecule has 0 saturated heterocycles. The number of rotatable bonds is 2. The van der Waals surface area contributed by atoms with Gasteiger partial charge in [0, 0.05) is 10.0 Å². The van der Waals surface area contributed by atoms with Gasteiger partial charge >= 0.3 is 0 Å². The van der Waals surface area contributed by atoms with Crippen molar-refractivity contribution >= 4 is 37.7 Å². The lowest BCUT2D eigenvalue weighted by molar-refractivity contribution is 0.436. The van der Waals surface area contributed by atoms with E-state index in [0.29, 0.717) is 27.2 Å². The number of nitrogens with two attached hydrogens (primary N) is 1. The molecule has 0 aliphatic rings. The molecule has 0 atom stereocenters. The Morgan fingerprint density at radius 1 is 1.05 bits per heavy atom. The van der Waals surface area contributed by atoms with Crippen LogP contribution >= 0.6 is 31.9 Å². The lowest BCUT2D eigenvalue weighted by atomic mass is 10.0. The van der Waals surface area contributed by atoms with Crippen LogP contribution in [0, 0.1) is 5.82 Å². The Kier molecular flexibility index (Phi) is 3.82. The van der Waals surface area contributed by atoms with Crippen molar-refractivity contribution in [2.24, 2.45) is 0 Å². The first-order chi connectivity index (χ1) is 10.1. The second kappa shape index (κ2) is 5.61. The van der Waals surface area contributed by atoms with Crippen molar-refractivity contribution in [1.29, 1.82) is 0 Å². The van der Waals surface area contributed by atoms with E-state index in [0.717, 1.165) is 10.0 Å². The summed E-state index contributed by atoms with van der Waals surface area (Å²) in [6.07, 6.45) is 0. The van der Waals surface area contributed by atoms with E-state index >= 15 is 0 Å². The molecule has 2 aromatic carbocycles. The van der Waals surface area contributed by atoms with Gasteiger partial charge in [-0.1, -0.05) is 33.2 Å². The van der Waals surface area contributed by atoms with Crippen LogP contribution in [0.15, 0.2) is 55.9 Å². The fourth-order valence-electron chi connectivity index (χ4n) is 2.06. The van der Waals surface area contributed by atoms with Crippen LogP contribution in [-0.4, -0.2) is 5.16 Å². The third-order valence-corrected chi connectivity index (χ3v) is 4.11. The number of aromatic nitrogens is 1. The molecule has 3 nitrogen and oxygen atoms in total. The number of hydrogen-bond acceptors (Lipinski definition) is 3. The van der Waals surface area contributed by atoms with Crippen LogP contribution in [0.1, 0.15) is 0 Å². The van der Waals surface area contributed by atoms with Crippen molar-refractivity contribution in [3.05, 3.63) is 57.2 Å². The molecule has 21 heavy (non-hydrogen) atoms. The number of anilines is 1. The normalized spacial score (nSPS) is 10.8. The fourth-order valence-corrected chi connectivity index (χ4v) is 2.84. The topological polar surface area (TPSA) is 52.0 Å². The standard InChI is InChI=1S/C15H9Br2FN2O/c16-10-3-1-2-8(6-10)13-14(21-20-15(13)19)9-4-5-12(18)11(17)7-9/h1-7H,(H2,19,20). The van der Waals surface area contributed by atoms with Gasteiger partial charge in [-0.15, -0.1) is 0 Å². The first kappa shape index (κ1) is 14.3. The molecule has 0 spiro atoms. The molecule has 0 aliphatic heterocycles. The molecular formula is C15H9Br2FN2O. The zero-order valence-corrected chi connectivity index (χ0v) is 13.8. The first-order valence-electron chi connectivity index (χ1n) is 6.03. The van der Waals surface area contributed by atoms with E-state index < -0.39 is 0 Å². The van der Waals surface area contributed by atoms with Gasteiger partial charge in [0.2, 0.25) is 0 Å². The maximum atomic E-state index is 13.4. The van der Waals surface area contributed by atoms with Crippen molar-refractivity contribution in [2.45, 2.75) is 0 Å². The third-order valence-electron chi connectivity index (χ3n) is 3.01. The van der Waals surface area contributed by atoms with Crippen LogP contribution in [0.4, 0.5) is 10.2 Å². The molecule has 106 valence electrons. The molecule has 0 bridgehead atoms. The minimum atomic E-state index is -0.338. The Hall–Kier alpha value is -1.66. The van der Waals surface area contributed by atoms with E-state index in [1.807, 2.05) is 24.3 Å². The Labute approximate surface area is 137 Å². The molecule has 1 aromatic heterocycles. The van der Waals surface area contributed by atoms with Crippen molar-refractivity contribution in [3.8, 4) is 22.5 Å². The zero-order valence-electron chi connectivity index (χ0n) is 10.6. The summed E-state index contributed by atoms with van der Waals surface area (Å²) in [5.41, 5.74) is 8.18. The summed E-state index contributed by atoms with van der Waals surface area (Å²) in [6.45, 7) is 0. The second-order valence-corrected chi connectivity index (χ2v) is 6.18. The van der Waals surface area contributed by atoms with Gasteiger partial charge in [-0.3, -0.25) is 0 Å². The second-order valence-electron chi connectivity index (χ2n) is 4.41. The van der Waals surface area contributed by atoms with Gasteiger partial charge in [0.05, 0.1) is 10.0 Å². The summed E-state index contributed by atoms with van der Waals surface area (Å²) in [5, 5.41) is 3.83. The molecule has 2 N–H and O–H groups in total. The molecule has 6 heteroatoms. The summed E-state index contributed by atoms with van der Waals surface area (Å²) >= 11 is 6.59. The van der Waals surface area contributed by atoms with Crippen LogP contribution in [-0.2, 0) is 0 Å². The molecule has 0 aliphatic carbocycles. The van der Waals surface area contributed by atoms with Crippen molar-refractivity contribution in [2.75, 3.05) is 5.73 Å². The van der Waals surface area contributed by atoms with E-state index in [-0.39, 0.29) is 5.82 Å². The summed E-state index contributed by atoms with van der Waals surface area (Å²) in [6, 6.07) is 12.3. The monoisotopic (exact) mass is 410 g/mol. The molecule has 0 amide bonds. The predicted molar refractivity (Wildman–Crippen MR) is 87.1 cm³/mol. The van der Waals surface area contributed by atoms with Gasteiger partial charge < -0.3 is 10.3 Å². The van der Waals surface area contributed by atoms with Crippen molar-refractivity contribution < 1.29 is 8.91 Å². The van der Waals surface area contributed by atoms with E-state index in [1.54, 1.807) is 12.1 Å². The van der Waals surface area contributed by atoms with E-state index in [1.165, 1.54) is 6.07 Å². The molecule has 3 aromatic rings. The van der Waals surface area contributed by atoms with Crippen LogP contribution in [0.25, 0.3) is 22.5 Å². The number of benzene rings is 2. The highest BCUT2D eigenvalue weighted by Crippen LogP contribution is 2.38. The fraction of sp³-hybridized carbons (Fsp3) is 0. The van der Waals surface area contributed by atoms with Crippen LogP contribution in [0.3, 0.4) is 0 Å². The first-order valence-corrected chi connectivity index (χ1v) is 7.61. The summed E-state index contributed by atoms with van der Waals surface area (Å²) in [4.78, 5) is 0. The van der Waals surface area contributed by atoms with Gasteiger partial charge in [-0.2, -0.15) is 0 Å². The number of halogens is 3. The Bertz CT molecular complexity index is 817. The minimum Gasteiger partial charge on any atom is -0.380 e. The van der Waals surface area contributed by atoms with Gasteiger partial charge in [0.1, 0.15) is 5.82 Å². The van der Waals surface area contributed by atoms with Gasteiger partial charge in [-0.25, -0.2) is 4.39 Å². The van der Waals surface area contributed by atoms with Crippen LogP contribution in [0.2, 0.25) is 0 Å². The quantitative estimate of drug-likeness (QED) is 0.626. The van der Waals surface area contributed by atoms with Gasteiger partial charge in [0.25, 0.3) is 0 Å². The Balaban J connectivity index is 2.19.